The van der Waals surface area contributed by atoms with Crippen molar-refractivity contribution in [1.29, 1.82) is 0 Å². The van der Waals surface area contributed by atoms with Crippen LogP contribution in [0.15, 0.2) is 69.7 Å². The van der Waals surface area contributed by atoms with Crippen LogP contribution in [0.1, 0.15) is 17.5 Å². The normalized spacial score (nSPS) is 19.0. The molecule has 0 aliphatic carbocycles. The number of primary sulfonamides is 1. The molecule has 2 aromatic rings. The van der Waals surface area contributed by atoms with Gasteiger partial charge in [-0.25, -0.2) is 13.6 Å². The Morgan fingerprint density at radius 2 is 1.79 bits per heavy atom. The number of nitrogens with two attached hydrogens (primary N) is 1. The first-order chi connectivity index (χ1) is 13.3. The smallest absolute Gasteiger partial charge is 0.238 e. The van der Waals surface area contributed by atoms with Crippen LogP contribution in [0.25, 0.3) is 5.70 Å². The molecule has 0 spiro atoms. The Bertz CT molecular complexity index is 989. The van der Waals surface area contributed by atoms with Crippen LogP contribution in [-0.2, 0) is 20.3 Å². The summed E-state index contributed by atoms with van der Waals surface area (Å²) in [7, 11) is -3.79. The number of halogens is 1. The van der Waals surface area contributed by atoms with Gasteiger partial charge in [0.15, 0.2) is 5.54 Å². The Kier molecular flexibility index (Phi) is 6.26. The summed E-state index contributed by atoms with van der Waals surface area (Å²) in [4.78, 5) is 0.0180. The number of benzene rings is 2. The third-order valence-electron chi connectivity index (χ3n) is 4.30. The summed E-state index contributed by atoms with van der Waals surface area (Å²) >= 11 is 5.95. The number of hydrogen-bond acceptors (Lipinski definition) is 6. The van der Waals surface area contributed by atoms with Crippen LogP contribution in [0.3, 0.4) is 0 Å². The number of azo groups is 1. The maximum atomic E-state index is 11.5. The summed E-state index contributed by atoms with van der Waals surface area (Å²) in [5.41, 5.74) is 1.34. The van der Waals surface area contributed by atoms with E-state index in [1.54, 1.807) is 24.3 Å². The lowest BCUT2D eigenvalue weighted by molar-refractivity contribution is 0.0873. The molecule has 0 amide bonds. The maximum absolute atomic E-state index is 11.5. The van der Waals surface area contributed by atoms with Crippen LogP contribution < -0.4 is 5.14 Å². The van der Waals surface area contributed by atoms with Crippen LogP contribution in [0.4, 0.5) is 0 Å². The van der Waals surface area contributed by atoms with Crippen LogP contribution in [0.2, 0.25) is 5.02 Å². The van der Waals surface area contributed by atoms with Crippen LogP contribution in [0, 0.1) is 0 Å². The van der Waals surface area contributed by atoms with E-state index in [0.717, 1.165) is 11.1 Å². The first kappa shape index (κ1) is 20.6. The van der Waals surface area contributed by atoms with Gasteiger partial charge >= 0.3 is 0 Å². The van der Waals surface area contributed by atoms with E-state index >= 15 is 0 Å². The Morgan fingerprint density at radius 1 is 1.11 bits per heavy atom. The molecule has 9 heteroatoms. The lowest BCUT2D eigenvalue weighted by Gasteiger charge is -2.23. The van der Waals surface area contributed by atoms with Crippen LogP contribution in [0.5, 0.6) is 0 Å². The van der Waals surface area contributed by atoms with Gasteiger partial charge < -0.3 is 9.84 Å². The van der Waals surface area contributed by atoms with Gasteiger partial charge in [-0.1, -0.05) is 35.9 Å². The van der Waals surface area contributed by atoms with E-state index in [1.165, 1.54) is 12.1 Å². The molecule has 1 aliphatic rings. The zero-order valence-electron chi connectivity index (χ0n) is 15.0. The van der Waals surface area contributed by atoms with Crippen molar-refractivity contribution < 1.29 is 18.3 Å². The predicted molar refractivity (Wildman–Crippen MR) is 106 cm³/mol. The third kappa shape index (κ3) is 4.65. The van der Waals surface area contributed by atoms with Crippen molar-refractivity contribution in [3.63, 3.8) is 0 Å². The summed E-state index contributed by atoms with van der Waals surface area (Å²) in [5, 5.41) is 23.5. The molecule has 0 saturated carbocycles. The van der Waals surface area contributed by atoms with E-state index in [1.807, 2.05) is 18.2 Å². The Labute approximate surface area is 168 Å². The summed E-state index contributed by atoms with van der Waals surface area (Å²) in [6.07, 6.45) is 2.38. The molecule has 3 rings (SSSR count). The molecule has 0 aromatic heterocycles. The summed E-state index contributed by atoms with van der Waals surface area (Å²) in [6, 6.07) is 13.4. The number of nitrogens with zero attached hydrogens (tertiary/aromatic N) is 2. The Balaban J connectivity index is 1.95. The van der Waals surface area contributed by atoms with Gasteiger partial charge in [0.2, 0.25) is 10.0 Å². The van der Waals surface area contributed by atoms with Crippen molar-refractivity contribution in [3.8, 4) is 0 Å². The number of aliphatic hydroxyl groups is 1. The van der Waals surface area contributed by atoms with Gasteiger partial charge in [-0.15, -0.1) is 0 Å². The van der Waals surface area contributed by atoms with E-state index in [0.29, 0.717) is 23.7 Å². The molecule has 3 N–H and O–H groups in total. The van der Waals surface area contributed by atoms with Gasteiger partial charge in [-0.05, 0) is 42.3 Å². The quantitative estimate of drug-likeness (QED) is 0.637. The van der Waals surface area contributed by atoms with Crippen LogP contribution >= 0.6 is 11.6 Å². The second-order valence-corrected chi connectivity index (χ2v) is 8.36. The fourth-order valence-electron chi connectivity index (χ4n) is 2.81. The molecule has 1 unspecified atom stereocenters. The number of aliphatic hydroxyl groups excluding tert-OH is 1. The molecule has 1 atom stereocenters. The molecule has 7 nitrogen and oxygen atoms in total. The average molecular weight is 422 g/mol. The second-order valence-electron chi connectivity index (χ2n) is 6.36. The van der Waals surface area contributed by atoms with Gasteiger partial charge in [-0.3, -0.25) is 0 Å². The summed E-state index contributed by atoms with van der Waals surface area (Å²) in [6.45, 7) is 0.596. The zero-order chi connectivity index (χ0) is 20.2. The first-order valence-corrected chi connectivity index (χ1v) is 10.5. The van der Waals surface area contributed by atoms with Crippen molar-refractivity contribution in [3.05, 3.63) is 70.8 Å². The van der Waals surface area contributed by atoms with Gasteiger partial charge in [0.1, 0.15) is 0 Å². The standard InChI is InChI=1S/C19H20ClN3O4S/c20-16-6-2-14(3-7-16)18-12-19(23-22-18,13-27-11-1-10-24)15-4-8-17(9-5-15)28(21,25)26/h2-9,12,24H,1,10-11,13H2,(H2,21,25,26). The minimum Gasteiger partial charge on any atom is -0.396 e. The number of sulfonamides is 1. The second kappa shape index (κ2) is 8.50. The minimum atomic E-state index is -3.79. The topological polar surface area (TPSA) is 114 Å². The molecule has 148 valence electrons. The van der Waals surface area contributed by atoms with E-state index in [2.05, 4.69) is 10.2 Å². The van der Waals surface area contributed by atoms with Gasteiger partial charge in [-0.2, -0.15) is 10.2 Å². The van der Waals surface area contributed by atoms with Crippen LogP contribution in [-0.4, -0.2) is 33.3 Å². The van der Waals surface area contributed by atoms with E-state index < -0.39 is 15.6 Å². The first-order valence-electron chi connectivity index (χ1n) is 8.58. The van der Waals surface area contributed by atoms with Gasteiger partial charge in [0.05, 0.1) is 17.2 Å². The predicted octanol–water partition coefficient (Wildman–Crippen LogP) is 3.09. The highest BCUT2D eigenvalue weighted by Crippen LogP contribution is 2.38. The molecular formula is C19H20ClN3O4S. The molecule has 0 radical (unpaired) electrons. The third-order valence-corrected chi connectivity index (χ3v) is 5.48. The Hall–Kier alpha value is -2.10. The summed E-state index contributed by atoms with van der Waals surface area (Å²) < 4.78 is 28.7. The monoisotopic (exact) mass is 421 g/mol. The molecular weight excluding hydrogens is 402 g/mol. The van der Waals surface area contributed by atoms with Crippen molar-refractivity contribution in [2.45, 2.75) is 16.9 Å². The fourth-order valence-corrected chi connectivity index (χ4v) is 3.45. The van der Waals surface area contributed by atoms with E-state index in [9.17, 15) is 8.42 Å². The molecule has 1 heterocycles. The van der Waals surface area contributed by atoms with Crippen molar-refractivity contribution in [1.82, 2.24) is 0 Å². The average Bonchev–Trinajstić information content (AvgIpc) is 3.11. The van der Waals surface area contributed by atoms with E-state index in [4.69, 9.17) is 26.6 Å². The Morgan fingerprint density at radius 3 is 2.39 bits per heavy atom. The van der Waals surface area contributed by atoms with Crippen molar-refractivity contribution in [2.24, 2.45) is 15.4 Å². The zero-order valence-corrected chi connectivity index (χ0v) is 16.5. The highest BCUT2D eigenvalue weighted by atomic mass is 35.5. The van der Waals surface area contributed by atoms with Crippen molar-refractivity contribution >= 4 is 27.3 Å². The SMILES string of the molecule is NS(=O)(=O)c1ccc(C2(COCCCO)C=C(c3ccc(Cl)cc3)N=N2)cc1. The lowest BCUT2D eigenvalue weighted by atomic mass is 9.90. The molecule has 28 heavy (non-hydrogen) atoms. The number of rotatable bonds is 8. The minimum absolute atomic E-state index is 0.0180. The number of ether oxygens (including phenoxy) is 1. The highest BCUT2D eigenvalue weighted by Gasteiger charge is 2.35. The van der Waals surface area contributed by atoms with Gasteiger partial charge in [0.25, 0.3) is 0 Å². The molecule has 1 aliphatic heterocycles. The van der Waals surface area contributed by atoms with Gasteiger partial charge in [0, 0.05) is 23.8 Å². The molecule has 0 bridgehead atoms. The maximum Gasteiger partial charge on any atom is 0.238 e. The van der Waals surface area contributed by atoms with E-state index in [-0.39, 0.29) is 18.1 Å². The summed E-state index contributed by atoms with van der Waals surface area (Å²) in [5.74, 6) is 0. The molecule has 0 fully saturated rings. The lowest BCUT2D eigenvalue weighted by Crippen LogP contribution is -2.26. The molecule has 2 aromatic carbocycles. The fraction of sp³-hybridized carbons (Fsp3) is 0.263. The molecule has 0 saturated heterocycles. The van der Waals surface area contributed by atoms with Crippen molar-refractivity contribution in [2.75, 3.05) is 19.8 Å². The largest absolute Gasteiger partial charge is 0.396 e. The highest BCUT2D eigenvalue weighted by molar-refractivity contribution is 7.89. The number of hydrogen-bond donors (Lipinski definition) is 2.